The lowest BCUT2D eigenvalue weighted by molar-refractivity contribution is -0.117. The molecule has 0 aliphatic carbocycles. The van der Waals surface area contributed by atoms with Crippen LogP contribution in [0.15, 0.2) is 58.0 Å². The van der Waals surface area contributed by atoms with Crippen LogP contribution in [-0.2, 0) is 4.79 Å². The molecule has 0 fully saturated rings. The summed E-state index contributed by atoms with van der Waals surface area (Å²) in [5.41, 5.74) is 1.87. The van der Waals surface area contributed by atoms with Gasteiger partial charge in [-0.3, -0.25) is 4.79 Å². The van der Waals surface area contributed by atoms with Crippen molar-refractivity contribution in [3.8, 4) is 0 Å². The van der Waals surface area contributed by atoms with Crippen LogP contribution in [0.2, 0.25) is 0 Å². The maximum atomic E-state index is 13.0. The largest absolute Gasteiger partial charge is 0.358 e. The summed E-state index contributed by atoms with van der Waals surface area (Å²) in [4.78, 5) is 16.2. The minimum absolute atomic E-state index is 0.0571. The van der Waals surface area contributed by atoms with Crippen molar-refractivity contribution in [2.24, 2.45) is 4.99 Å². The number of halogens is 2. The van der Waals surface area contributed by atoms with Gasteiger partial charge in [0.1, 0.15) is 11.1 Å². The molecule has 118 valence electrons. The Morgan fingerprint density at radius 2 is 1.83 bits per heavy atom. The standard InChI is InChI=1S/C17H14BrFN2OS/c1-10(11-4-8-14(19)9-5-11)20-17-21-16(22)15(23-17)12-2-6-13(18)7-3-12/h2-10,15H,1H3,(H,20,21,22)/t10-,15?/m0/s1. The number of amides is 1. The highest BCUT2D eigenvalue weighted by Gasteiger charge is 2.30. The molecule has 0 bridgehead atoms. The molecule has 23 heavy (non-hydrogen) atoms. The lowest BCUT2D eigenvalue weighted by atomic mass is 10.1. The van der Waals surface area contributed by atoms with Crippen molar-refractivity contribution < 1.29 is 9.18 Å². The van der Waals surface area contributed by atoms with Crippen LogP contribution < -0.4 is 5.32 Å². The Balaban J connectivity index is 1.68. The van der Waals surface area contributed by atoms with Crippen molar-refractivity contribution in [3.05, 3.63) is 69.9 Å². The summed E-state index contributed by atoms with van der Waals surface area (Å²) in [7, 11) is 0. The van der Waals surface area contributed by atoms with E-state index in [0.717, 1.165) is 15.6 Å². The number of nitrogens with one attached hydrogen (secondary N) is 1. The smallest absolute Gasteiger partial charge is 0.266 e. The Kier molecular flexibility index (Phi) is 4.82. The van der Waals surface area contributed by atoms with Gasteiger partial charge in [0.15, 0.2) is 5.17 Å². The molecule has 1 amide bonds. The average Bonchev–Trinajstić information content (AvgIpc) is 2.89. The Morgan fingerprint density at radius 1 is 1.17 bits per heavy atom. The van der Waals surface area contributed by atoms with Crippen molar-refractivity contribution >= 4 is 38.8 Å². The van der Waals surface area contributed by atoms with Gasteiger partial charge in [-0.2, -0.15) is 4.99 Å². The maximum Gasteiger partial charge on any atom is 0.266 e. The van der Waals surface area contributed by atoms with Gasteiger partial charge in [0, 0.05) is 4.47 Å². The Labute approximate surface area is 146 Å². The van der Waals surface area contributed by atoms with Gasteiger partial charge in [-0.25, -0.2) is 4.39 Å². The molecule has 3 nitrogen and oxygen atoms in total. The monoisotopic (exact) mass is 392 g/mol. The van der Waals surface area contributed by atoms with Crippen molar-refractivity contribution in [2.45, 2.75) is 18.2 Å². The van der Waals surface area contributed by atoms with Gasteiger partial charge < -0.3 is 5.32 Å². The normalized spacial score (nSPS) is 18.7. The first-order chi connectivity index (χ1) is 11.0. The Hall–Kier alpha value is -1.66. The van der Waals surface area contributed by atoms with Crippen LogP contribution in [0.1, 0.15) is 29.3 Å². The third-order valence-corrected chi connectivity index (χ3v) is 5.22. The van der Waals surface area contributed by atoms with E-state index in [9.17, 15) is 9.18 Å². The second-order valence-corrected chi connectivity index (χ2v) is 7.23. The summed E-state index contributed by atoms with van der Waals surface area (Å²) in [6.07, 6.45) is 0. The van der Waals surface area contributed by atoms with E-state index in [2.05, 4.69) is 26.2 Å². The van der Waals surface area contributed by atoms with Gasteiger partial charge in [0.05, 0.1) is 6.04 Å². The first-order valence-corrected chi connectivity index (χ1v) is 8.77. The number of amidine groups is 1. The van der Waals surface area contributed by atoms with Crippen LogP contribution in [-0.4, -0.2) is 11.1 Å². The van der Waals surface area contributed by atoms with Crippen molar-refractivity contribution in [1.29, 1.82) is 0 Å². The summed E-state index contributed by atoms with van der Waals surface area (Å²) in [5, 5.41) is 3.50. The molecule has 1 aliphatic rings. The predicted molar refractivity (Wildman–Crippen MR) is 94.9 cm³/mol. The van der Waals surface area contributed by atoms with E-state index < -0.39 is 0 Å². The lowest BCUT2D eigenvalue weighted by Crippen LogP contribution is -2.23. The zero-order valence-electron chi connectivity index (χ0n) is 12.3. The van der Waals surface area contributed by atoms with Crippen LogP contribution >= 0.6 is 27.7 Å². The molecule has 2 aromatic carbocycles. The fraction of sp³-hybridized carbons (Fsp3) is 0.176. The number of benzene rings is 2. The first kappa shape index (κ1) is 16.2. The molecule has 0 saturated heterocycles. The lowest BCUT2D eigenvalue weighted by Gasteiger charge is -2.15. The third-order valence-electron chi connectivity index (χ3n) is 3.55. The van der Waals surface area contributed by atoms with Crippen LogP contribution in [0.3, 0.4) is 0 Å². The molecule has 6 heteroatoms. The molecule has 2 atom stereocenters. The quantitative estimate of drug-likeness (QED) is 0.828. The number of nitrogens with zero attached hydrogens (tertiary/aromatic N) is 1. The van der Waals surface area contributed by atoms with E-state index in [1.165, 1.54) is 23.9 Å². The second-order valence-electron chi connectivity index (χ2n) is 5.22. The minimum Gasteiger partial charge on any atom is -0.358 e. The van der Waals surface area contributed by atoms with E-state index in [4.69, 9.17) is 0 Å². The van der Waals surface area contributed by atoms with Gasteiger partial charge in [0.25, 0.3) is 5.91 Å². The number of carbonyl (C=O) groups is 1. The molecular weight excluding hydrogens is 379 g/mol. The summed E-state index contributed by atoms with van der Waals surface area (Å²) < 4.78 is 14.0. The van der Waals surface area contributed by atoms with Crippen LogP contribution in [0.25, 0.3) is 0 Å². The minimum atomic E-state index is -0.314. The molecule has 1 aliphatic heterocycles. The van der Waals surface area contributed by atoms with Crippen LogP contribution in [0.4, 0.5) is 4.39 Å². The van der Waals surface area contributed by atoms with Gasteiger partial charge in [-0.1, -0.05) is 52.0 Å². The third kappa shape index (κ3) is 3.82. The second kappa shape index (κ2) is 6.84. The van der Waals surface area contributed by atoms with Gasteiger partial charge >= 0.3 is 0 Å². The molecule has 0 saturated carbocycles. The Morgan fingerprint density at radius 3 is 2.48 bits per heavy atom. The summed E-state index contributed by atoms with van der Waals surface area (Å²) in [5.74, 6) is -0.426. The summed E-state index contributed by atoms with van der Waals surface area (Å²) in [6, 6.07) is 13.9. The number of hydrogen-bond acceptors (Lipinski definition) is 3. The van der Waals surface area contributed by atoms with E-state index in [-0.39, 0.29) is 23.0 Å². The fourth-order valence-electron chi connectivity index (χ4n) is 2.28. The predicted octanol–water partition coefficient (Wildman–Crippen LogP) is 4.61. The molecule has 3 rings (SSSR count). The molecule has 1 N–H and O–H groups in total. The molecule has 0 radical (unpaired) electrons. The number of aliphatic imine (C=N–C) groups is 1. The first-order valence-electron chi connectivity index (χ1n) is 7.09. The highest BCUT2D eigenvalue weighted by molar-refractivity contribution is 9.10. The molecule has 2 aromatic rings. The topological polar surface area (TPSA) is 41.5 Å². The summed E-state index contributed by atoms with van der Waals surface area (Å²) in [6.45, 7) is 1.95. The van der Waals surface area contributed by atoms with E-state index in [1.54, 1.807) is 12.1 Å². The van der Waals surface area contributed by atoms with Crippen molar-refractivity contribution in [1.82, 2.24) is 5.32 Å². The molecule has 1 unspecified atom stereocenters. The fourth-order valence-corrected chi connectivity index (χ4v) is 3.60. The average molecular weight is 393 g/mol. The molecule has 0 aromatic heterocycles. The maximum absolute atomic E-state index is 13.0. The molecule has 1 heterocycles. The number of rotatable bonds is 3. The number of hydrogen-bond donors (Lipinski definition) is 1. The summed E-state index contributed by atoms with van der Waals surface area (Å²) >= 11 is 4.79. The van der Waals surface area contributed by atoms with Crippen LogP contribution in [0, 0.1) is 5.82 Å². The van der Waals surface area contributed by atoms with E-state index in [1.807, 2.05) is 31.2 Å². The SMILES string of the molecule is C[C@H](NC1=NC(=O)C(c2ccc(Br)cc2)S1)c1ccc(F)cc1. The molecular formula is C17H14BrFN2OS. The van der Waals surface area contributed by atoms with Crippen molar-refractivity contribution in [2.75, 3.05) is 0 Å². The van der Waals surface area contributed by atoms with E-state index in [0.29, 0.717) is 5.17 Å². The highest BCUT2D eigenvalue weighted by Crippen LogP contribution is 2.36. The zero-order chi connectivity index (χ0) is 16.4. The van der Waals surface area contributed by atoms with Gasteiger partial charge in [-0.05, 0) is 42.3 Å². The Bertz CT molecular complexity index is 746. The van der Waals surface area contributed by atoms with Crippen molar-refractivity contribution in [3.63, 3.8) is 0 Å². The van der Waals surface area contributed by atoms with Crippen LogP contribution in [0.5, 0.6) is 0 Å². The number of thioether (sulfide) groups is 1. The van der Waals surface area contributed by atoms with E-state index >= 15 is 0 Å². The zero-order valence-corrected chi connectivity index (χ0v) is 14.7. The number of carbonyl (C=O) groups excluding carboxylic acids is 1. The van der Waals surface area contributed by atoms with Gasteiger partial charge in [-0.15, -0.1) is 0 Å². The van der Waals surface area contributed by atoms with Gasteiger partial charge in [0.2, 0.25) is 0 Å². The molecule has 0 spiro atoms. The highest BCUT2D eigenvalue weighted by atomic mass is 79.9.